The van der Waals surface area contributed by atoms with E-state index in [1.807, 2.05) is 37.3 Å². The van der Waals surface area contributed by atoms with E-state index in [4.69, 9.17) is 0 Å². The molecule has 0 bridgehead atoms. The van der Waals surface area contributed by atoms with Crippen molar-refractivity contribution < 1.29 is 4.79 Å². The SMILES string of the molecule is Cc1ccnc(SCC2=NC(=O)C3C=CC=CC3=N2)n1. The lowest BCUT2D eigenvalue weighted by atomic mass is 9.97. The van der Waals surface area contributed by atoms with E-state index in [9.17, 15) is 4.79 Å². The molecule has 0 radical (unpaired) electrons. The molecule has 2 aliphatic rings. The van der Waals surface area contributed by atoms with Gasteiger partial charge < -0.3 is 0 Å². The third kappa shape index (κ3) is 2.75. The molecule has 0 N–H and O–H groups in total. The van der Waals surface area contributed by atoms with Gasteiger partial charge in [-0.05, 0) is 19.1 Å². The Labute approximate surface area is 120 Å². The standard InChI is InChI=1S/C14H12N4OS/c1-9-6-7-15-14(16-9)20-8-12-17-11-5-3-2-4-10(11)13(19)18-12/h2-7,10H,8H2,1H3. The van der Waals surface area contributed by atoms with Gasteiger partial charge in [0.15, 0.2) is 5.16 Å². The van der Waals surface area contributed by atoms with E-state index in [-0.39, 0.29) is 11.8 Å². The summed E-state index contributed by atoms with van der Waals surface area (Å²) in [7, 11) is 0. The molecule has 100 valence electrons. The first kappa shape index (κ1) is 12.9. The van der Waals surface area contributed by atoms with Crippen molar-refractivity contribution >= 4 is 29.2 Å². The molecule has 2 heterocycles. The van der Waals surface area contributed by atoms with Gasteiger partial charge in [-0.2, -0.15) is 4.99 Å². The summed E-state index contributed by atoms with van der Waals surface area (Å²) in [6.07, 6.45) is 9.11. The van der Waals surface area contributed by atoms with Gasteiger partial charge in [-0.25, -0.2) is 15.0 Å². The van der Waals surface area contributed by atoms with E-state index in [1.165, 1.54) is 11.8 Å². The maximum atomic E-state index is 11.9. The number of hydrogen-bond donors (Lipinski definition) is 0. The number of aryl methyl sites for hydroxylation is 1. The van der Waals surface area contributed by atoms with E-state index in [1.54, 1.807) is 6.20 Å². The molecule has 5 nitrogen and oxygen atoms in total. The second-order valence-corrected chi connectivity index (χ2v) is 5.34. The molecule has 6 heteroatoms. The number of aliphatic imine (C=N–C) groups is 2. The average molecular weight is 284 g/mol. The second-order valence-electron chi connectivity index (χ2n) is 4.39. The van der Waals surface area contributed by atoms with Crippen LogP contribution in [0, 0.1) is 12.8 Å². The Hall–Kier alpha value is -2.08. The lowest BCUT2D eigenvalue weighted by molar-refractivity contribution is -0.118. The van der Waals surface area contributed by atoms with Crippen molar-refractivity contribution in [1.82, 2.24) is 9.97 Å². The van der Waals surface area contributed by atoms with Gasteiger partial charge in [-0.3, -0.25) is 4.79 Å². The second kappa shape index (κ2) is 5.50. The number of allylic oxidation sites excluding steroid dienone is 3. The van der Waals surface area contributed by atoms with Crippen LogP contribution in [0.2, 0.25) is 0 Å². The highest BCUT2D eigenvalue weighted by Gasteiger charge is 2.26. The van der Waals surface area contributed by atoms with Crippen LogP contribution in [0.3, 0.4) is 0 Å². The third-order valence-corrected chi connectivity index (χ3v) is 3.72. The van der Waals surface area contributed by atoms with Gasteiger partial charge in [-0.15, -0.1) is 0 Å². The number of nitrogens with zero attached hydrogens (tertiary/aromatic N) is 4. The molecule has 1 aromatic rings. The molecule has 1 aliphatic carbocycles. The van der Waals surface area contributed by atoms with Crippen LogP contribution in [0.25, 0.3) is 0 Å². The van der Waals surface area contributed by atoms with Gasteiger partial charge in [0.25, 0.3) is 5.91 Å². The Morgan fingerprint density at radius 1 is 1.30 bits per heavy atom. The minimum Gasteiger partial charge on any atom is -0.271 e. The third-order valence-electron chi connectivity index (χ3n) is 2.87. The van der Waals surface area contributed by atoms with Crippen molar-refractivity contribution in [3.05, 3.63) is 42.3 Å². The van der Waals surface area contributed by atoms with Crippen LogP contribution in [0.4, 0.5) is 0 Å². The van der Waals surface area contributed by atoms with Crippen molar-refractivity contribution in [3.8, 4) is 0 Å². The fourth-order valence-electron chi connectivity index (χ4n) is 1.91. The maximum Gasteiger partial charge on any atom is 0.260 e. The maximum absolute atomic E-state index is 11.9. The summed E-state index contributed by atoms with van der Waals surface area (Å²) in [6.45, 7) is 1.91. The van der Waals surface area contributed by atoms with Crippen molar-refractivity contribution in [2.75, 3.05) is 5.75 Å². The number of fused-ring (bicyclic) bond motifs is 1. The van der Waals surface area contributed by atoms with Crippen molar-refractivity contribution in [2.45, 2.75) is 12.1 Å². The first-order valence-electron chi connectivity index (χ1n) is 6.20. The van der Waals surface area contributed by atoms with Crippen LogP contribution in [0.15, 0.2) is 51.7 Å². The Kier molecular flexibility index (Phi) is 3.56. The number of thioether (sulfide) groups is 1. The van der Waals surface area contributed by atoms with Gasteiger partial charge >= 0.3 is 0 Å². The largest absolute Gasteiger partial charge is 0.271 e. The van der Waals surface area contributed by atoms with Crippen LogP contribution < -0.4 is 0 Å². The summed E-state index contributed by atoms with van der Waals surface area (Å²) < 4.78 is 0. The fourth-order valence-corrected chi connectivity index (χ4v) is 2.64. The van der Waals surface area contributed by atoms with Crippen LogP contribution >= 0.6 is 11.8 Å². The Balaban J connectivity index is 1.72. The topological polar surface area (TPSA) is 67.6 Å². The van der Waals surface area contributed by atoms with E-state index < -0.39 is 0 Å². The number of aromatic nitrogens is 2. The van der Waals surface area contributed by atoms with Crippen molar-refractivity contribution in [1.29, 1.82) is 0 Å². The highest BCUT2D eigenvalue weighted by atomic mass is 32.2. The predicted octanol–water partition coefficient (Wildman–Crippen LogP) is 2.00. The van der Waals surface area contributed by atoms with Crippen LogP contribution in [-0.2, 0) is 4.79 Å². The zero-order valence-corrected chi connectivity index (χ0v) is 11.7. The summed E-state index contributed by atoms with van der Waals surface area (Å²) in [5.74, 6) is 0.541. The van der Waals surface area contributed by atoms with E-state index in [0.717, 1.165) is 11.4 Å². The molecule has 20 heavy (non-hydrogen) atoms. The summed E-state index contributed by atoms with van der Waals surface area (Å²) in [4.78, 5) is 28.8. The lowest BCUT2D eigenvalue weighted by Crippen LogP contribution is -2.27. The molecule has 1 atom stereocenters. The van der Waals surface area contributed by atoms with Crippen molar-refractivity contribution in [2.24, 2.45) is 15.9 Å². The first-order valence-corrected chi connectivity index (χ1v) is 7.18. The van der Waals surface area contributed by atoms with Crippen LogP contribution in [-0.4, -0.2) is 33.2 Å². The molecule has 1 amide bonds. The molecule has 3 rings (SSSR count). The monoisotopic (exact) mass is 284 g/mol. The van der Waals surface area contributed by atoms with E-state index >= 15 is 0 Å². The molecular formula is C14H12N4OS. The quantitative estimate of drug-likeness (QED) is 0.629. The van der Waals surface area contributed by atoms with Crippen LogP contribution in [0.5, 0.6) is 0 Å². The molecule has 1 unspecified atom stereocenters. The number of carbonyl (C=O) groups excluding carboxylic acids is 1. The first-order chi connectivity index (χ1) is 9.72. The Bertz CT molecular complexity index is 676. The molecular weight excluding hydrogens is 272 g/mol. The number of hydrogen-bond acceptors (Lipinski definition) is 5. The number of amidine groups is 1. The zero-order chi connectivity index (χ0) is 13.9. The molecule has 0 aromatic carbocycles. The van der Waals surface area contributed by atoms with Crippen LogP contribution in [0.1, 0.15) is 5.69 Å². The molecule has 1 aromatic heterocycles. The fraction of sp³-hybridized carbons (Fsp3) is 0.214. The highest BCUT2D eigenvalue weighted by Crippen LogP contribution is 2.19. The van der Waals surface area contributed by atoms with Gasteiger partial charge in [0.2, 0.25) is 0 Å². The predicted molar refractivity (Wildman–Crippen MR) is 79.1 cm³/mol. The number of amides is 1. The van der Waals surface area contributed by atoms with Crippen molar-refractivity contribution in [3.63, 3.8) is 0 Å². The zero-order valence-electron chi connectivity index (χ0n) is 10.9. The minimum absolute atomic E-state index is 0.156. The summed E-state index contributed by atoms with van der Waals surface area (Å²) in [6, 6.07) is 1.84. The van der Waals surface area contributed by atoms with E-state index in [0.29, 0.717) is 16.7 Å². The van der Waals surface area contributed by atoms with Gasteiger partial charge in [0, 0.05) is 11.9 Å². The normalized spacial score (nSPS) is 20.4. The summed E-state index contributed by atoms with van der Waals surface area (Å²) >= 11 is 1.43. The number of carbonyl (C=O) groups is 1. The molecule has 0 fully saturated rings. The number of rotatable bonds is 3. The van der Waals surface area contributed by atoms with Gasteiger partial charge in [-0.1, -0.05) is 30.0 Å². The molecule has 0 saturated carbocycles. The lowest BCUT2D eigenvalue weighted by Gasteiger charge is -2.17. The smallest absolute Gasteiger partial charge is 0.260 e. The van der Waals surface area contributed by atoms with Gasteiger partial charge in [0.05, 0.1) is 11.5 Å². The average Bonchev–Trinajstić information content (AvgIpc) is 2.45. The molecule has 0 saturated heterocycles. The van der Waals surface area contributed by atoms with E-state index in [2.05, 4.69) is 20.0 Å². The summed E-state index contributed by atoms with van der Waals surface area (Å²) in [5, 5.41) is 0.668. The highest BCUT2D eigenvalue weighted by molar-refractivity contribution is 7.99. The molecule has 0 spiro atoms. The Morgan fingerprint density at radius 2 is 2.20 bits per heavy atom. The Morgan fingerprint density at radius 3 is 3.05 bits per heavy atom. The van der Waals surface area contributed by atoms with Gasteiger partial charge in [0.1, 0.15) is 11.8 Å². The molecule has 1 aliphatic heterocycles. The summed E-state index contributed by atoms with van der Waals surface area (Å²) in [5.41, 5.74) is 1.67. The minimum atomic E-state index is -0.316.